The Morgan fingerprint density at radius 1 is 1.56 bits per heavy atom. The molecule has 90 valence electrons. The first-order valence-electron chi connectivity index (χ1n) is 5.82. The van der Waals surface area contributed by atoms with Crippen LogP contribution in [0.1, 0.15) is 12.6 Å². The van der Waals surface area contributed by atoms with Crippen LogP contribution in [-0.2, 0) is 4.79 Å². The van der Waals surface area contributed by atoms with Crippen molar-refractivity contribution in [1.82, 2.24) is 9.55 Å². The largest absolute Gasteiger partial charge is 0.495 e. The average molecular weight is 241 g/mol. The Bertz CT molecular complexity index is 680. The Morgan fingerprint density at radius 2 is 2.39 bits per heavy atom. The number of hydrogen-bond donors (Lipinski definition) is 0. The van der Waals surface area contributed by atoms with Crippen LogP contribution in [0.5, 0.6) is 5.75 Å². The molecule has 0 bridgehead atoms. The SMILES string of the molecule is [2H]C(=O)C#Cc1ccc(-n2cnc(C)c2)c(OC)c1. The van der Waals surface area contributed by atoms with Gasteiger partial charge >= 0.3 is 0 Å². The van der Waals surface area contributed by atoms with E-state index in [0.29, 0.717) is 11.3 Å². The highest BCUT2D eigenvalue weighted by Gasteiger charge is 2.06. The number of methoxy groups -OCH3 is 1. The Kier molecular flexibility index (Phi) is 3.06. The number of rotatable bonds is 2. The van der Waals surface area contributed by atoms with Gasteiger partial charge in [0.15, 0.2) is 6.26 Å². The molecule has 0 saturated carbocycles. The minimum Gasteiger partial charge on any atom is -0.495 e. The molecule has 0 fully saturated rings. The molecule has 4 nitrogen and oxygen atoms in total. The zero-order chi connectivity index (χ0) is 13.8. The van der Waals surface area contributed by atoms with Crippen molar-refractivity contribution >= 4 is 6.26 Å². The minimum absolute atomic E-state index is 0.623. The molecule has 0 aliphatic heterocycles. The summed E-state index contributed by atoms with van der Waals surface area (Å²) in [6.45, 7) is 1.91. The summed E-state index contributed by atoms with van der Waals surface area (Å²) in [5.41, 5.74) is 2.37. The van der Waals surface area contributed by atoms with Crippen LogP contribution in [0.3, 0.4) is 0 Å². The predicted molar refractivity (Wildman–Crippen MR) is 67.8 cm³/mol. The van der Waals surface area contributed by atoms with Gasteiger partial charge in [-0.2, -0.15) is 0 Å². The number of imidazole rings is 1. The summed E-state index contributed by atoms with van der Waals surface area (Å²) in [6, 6.07) is 5.32. The van der Waals surface area contributed by atoms with Crippen molar-refractivity contribution in [3.63, 3.8) is 0 Å². The molecule has 0 aliphatic carbocycles. The van der Waals surface area contributed by atoms with E-state index in [4.69, 9.17) is 6.11 Å². The number of hydrogen-bond acceptors (Lipinski definition) is 3. The third-order valence-corrected chi connectivity index (χ3v) is 2.43. The van der Waals surface area contributed by atoms with Crippen LogP contribution < -0.4 is 4.74 Å². The lowest BCUT2D eigenvalue weighted by Gasteiger charge is -2.09. The lowest BCUT2D eigenvalue weighted by molar-refractivity contribution is -0.103. The molecule has 2 rings (SSSR count). The lowest BCUT2D eigenvalue weighted by atomic mass is 10.2. The molecule has 0 amide bonds. The number of aryl methyl sites for hydroxylation is 1. The maximum Gasteiger partial charge on any atom is 0.193 e. The molecule has 0 N–H and O–H groups in total. The highest BCUT2D eigenvalue weighted by molar-refractivity contribution is 5.74. The molecule has 0 radical (unpaired) electrons. The zero-order valence-corrected chi connectivity index (χ0v) is 10.1. The Hall–Kier alpha value is -2.54. The number of nitrogens with zero attached hydrogens (tertiary/aromatic N) is 2. The molecule has 1 aromatic heterocycles. The third-order valence-electron chi connectivity index (χ3n) is 2.43. The normalized spacial score (nSPS) is 10.2. The topological polar surface area (TPSA) is 44.1 Å². The number of benzene rings is 1. The minimum atomic E-state index is -0.909. The fourth-order valence-corrected chi connectivity index (χ4v) is 1.62. The summed E-state index contributed by atoms with van der Waals surface area (Å²) in [5, 5.41) is 0. The molecule has 1 aromatic carbocycles. The monoisotopic (exact) mass is 241 g/mol. The molecule has 0 saturated heterocycles. The van der Waals surface area contributed by atoms with E-state index in [2.05, 4.69) is 16.8 Å². The van der Waals surface area contributed by atoms with Crippen molar-refractivity contribution in [3.8, 4) is 23.3 Å². The number of carbonyl (C=O) groups excluding carboxylic acids is 1. The molecule has 18 heavy (non-hydrogen) atoms. The second kappa shape index (κ2) is 5.19. The van der Waals surface area contributed by atoms with Gasteiger partial charge in [0.1, 0.15) is 7.12 Å². The van der Waals surface area contributed by atoms with Gasteiger partial charge in [0, 0.05) is 11.8 Å². The second-order valence-corrected chi connectivity index (χ2v) is 3.66. The number of ether oxygens (including phenoxy) is 1. The summed E-state index contributed by atoms with van der Waals surface area (Å²) in [6.07, 6.45) is 2.68. The lowest BCUT2D eigenvalue weighted by Crippen LogP contribution is -1.96. The quantitative estimate of drug-likeness (QED) is 0.594. The molecule has 0 aliphatic rings. The predicted octanol–water partition coefficient (Wildman–Crippen LogP) is 1.74. The molecule has 0 unspecified atom stereocenters. The van der Waals surface area contributed by atoms with Crippen LogP contribution in [0.2, 0.25) is 0 Å². The Labute approximate surface area is 107 Å². The number of aldehydes is 1. The van der Waals surface area contributed by atoms with Crippen molar-refractivity contribution in [2.24, 2.45) is 0 Å². The number of aromatic nitrogens is 2. The molecular weight excluding hydrogens is 228 g/mol. The van der Waals surface area contributed by atoms with Crippen molar-refractivity contribution in [2.45, 2.75) is 6.92 Å². The van der Waals surface area contributed by atoms with E-state index in [-0.39, 0.29) is 0 Å². The standard InChI is InChI=1S/C14H12N2O2/c1-11-9-16(10-15-11)13-6-5-12(4-3-7-17)8-14(13)18-2/h5-10H,1-2H3/i7D. The first-order valence-corrected chi connectivity index (χ1v) is 5.32. The van der Waals surface area contributed by atoms with E-state index in [1.165, 1.54) is 0 Å². The van der Waals surface area contributed by atoms with Gasteiger partial charge in [0.05, 0.1) is 24.8 Å². The fraction of sp³-hybridized carbons (Fsp3) is 0.143. The third kappa shape index (κ3) is 2.41. The van der Waals surface area contributed by atoms with Gasteiger partial charge in [-0.15, -0.1) is 0 Å². The van der Waals surface area contributed by atoms with Crippen molar-refractivity contribution in [3.05, 3.63) is 42.0 Å². The first kappa shape index (κ1) is 10.6. The van der Waals surface area contributed by atoms with Gasteiger partial charge < -0.3 is 9.30 Å². The van der Waals surface area contributed by atoms with Gasteiger partial charge in [0.2, 0.25) is 0 Å². The summed E-state index contributed by atoms with van der Waals surface area (Å²) in [5.74, 6) is 5.42. The summed E-state index contributed by atoms with van der Waals surface area (Å²) < 4.78 is 13.9. The second-order valence-electron chi connectivity index (χ2n) is 3.66. The molecule has 4 heteroatoms. The van der Waals surface area contributed by atoms with Crippen LogP contribution in [0.15, 0.2) is 30.7 Å². The van der Waals surface area contributed by atoms with Gasteiger partial charge in [-0.1, -0.05) is 5.92 Å². The molecule has 0 atom stereocenters. The van der Waals surface area contributed by atoms with Gasteiger partial charge in [-0.25, -0.2) is 4.98 Å². The van der Waals surface area contributed by atoms with Gasteiger partial charge in [-0.3, -0.25) is 4.79 Å². The molecule has 1 heterocycles. The first-order chi connectivity index (χ1) is 9.10. The van der Waals surface area contributed by atoms with Crippen LogP contribution in [0.25, 0.3) is 5.69 Å². The van der Waals surface area contributed by atoms with E-state index in [1.54, 1.807) is 25.6 Å². The van der Waals surface area contributed by atoms with Crippen LogP contribution >= 0.6 is 0 Å². The summed E-state index contributed by atoms with van der Waals surface area (Å²) in [7, 11) is 1.56. The highest BCUT2D eigenvalue weighted by Crippen LogP contribution is 2.24. The van der Waals surface area contributed by atoms with Crippen LogP contribution in [0, 0.1) is 18.8 Å². The Morgan fingerprint density at radius 3 is 3.00 bits per heavy atom. The van der Waals surface area contributed by atoms with Crippen molar-refractivity contribution in [1.29, 1.82) is 0 Å². The van der Waals surface area contributed by atoms with Crippen LogP contribution in [-0.4, -0.2) is 22.9 Å². The van der Waals surface area contributed by atoms with E-state index in [9.17, 15) is 4.79 Å². The average Bonchev–Trinajstić information content (AvgIpc) is 2.82. The van der Waals surface area contributed by atoms with Crippen molar-refractivity contribution < 1.29 is 10.9 Å². The molecular formula is C14H12N2O2. The fourth-order valence-electron chi connectivity index (χ4n) is 1.62. The molecule has 2 aromatic rings. The zero-order valence-electron chi connectivity index (χ0n) is 11.1. The van der Waals surface area contributed by atoms with E-state index in [0.717, 1.165) is 11.4 Å². The van der Waals surface area contributed by atoms with E-state index in [1.807, 2.05) is 23.8 Å². The van der Waals surface area contributed by atoms with Crippen molar-refractivity contribution in [2.75, 3.05) is 7.11 Å². The Balaban J connectivity index is 2.43. The summed E-state index contributed by atoms with van der Waals surface area (Å²) in [4.78, 5) is 14.7. The summed E-state index contributed by atoms with van der Waals surface area (Å²) >= 11 is 0. The van der Waals surface area contributed by atoms with E-state index < -0.39 is 6.26 Å². The van der Waals surface area contributed by atoms with Gasteiger partial charge in [0.25, 0.3) is 0 Å². The molecule has 0 spiro atoms. The highest BCUT2D eigenvalue weighted by atomic mass is 16.5. The van der Waals surface area contributed by atoms with Crippen LogP contribution in [0.4, 0.5) is 0 Å². The maximum atomic E-state index is 10.5. The maximum absolute atomic E-state index is 10.5. The van der Waals surface area contributed by atoms with Gasteiger partial charge in [-0.05, 0) is 31.0 Å². The number of carbonyl (C=O) groups is 1. The smallest absolute Gasteiger partial charge is 0.193 e. The van der Waals surface area contributed by atoms with E-state index >= 15 is 0 Å².